The molecule has 0 bridgehead atoms. The summed E-state index contributed by atoms with van der Waals surface area (Å²) in [5.41, 5.74) is 0.184. The van der Waals surface area contributed by atoms with Crippen LogP contribution in [0.3, 0.4) is 0 Å². The first-order chi connectivity index (χ1) is 29.2. The molecule has 63 heavy (non-hydrogen) atoms. The van der Waals surface area contributed by atoms with Crippen LogP contribution in [0, 0.1) is 10.8 Å². The van der Waals surface area contributed by atoms with Gasteiger partial charge in [-0.25, -0.2) is 24.0 Å². The van der Waals surface area contributed by atoms with E-state index in [0.717, 1.165) is 0 Å². The number of aliphatic hydroxyl groups excluding tert-OH is 8. The van der Waals surface area contributed by atoms with E-state index in [1.165, 1.54) is 6.92 Å². The van der Waals surface area contributed by atoms with Crippen LogP contribution in [0.4, 0.5) is 0 Å². The molecule has 0 aliphatic heterocycles. The number of rotatable bonds is 22. The topological polar surface area (TPSA) is 303 Å². The molecule has 19 nitrogen and oxygen atoms in total. The molecule has 0 heterocycles. The van der Waals surface area contributed by atoms with Crippen LogP contribution in [0.25, 0.3) is 0 Å². The van der Waals surface area contributed by atoms with Gasteiger partial charge in [0.2, 0.25) is 0 Å². The van der Waals surface area contributed by atoms with E-state index in [9.17, 15) is 34.2 Å². The zero-order chi connectivity index (χ0) is 49.9. The summed E-state index contributed by atoms with van der Waals surface area (Å²) in [5.74, 6) is -2.31. The van der Waals surface area contributed by atoms with Crippen molar-refractivity contribution in [3.63, 3.8) is 0 Å². The second kappa shape index (κ2) is 37.1. The number of hydrogen-bond donors (Lipinski definition) is 8. The second-order valence-electron chi connectivity index (χ2n) is 15.2. The highest BCUT2D eigenvalue weighted by molar-refractivity contribution is 5.88. The van der Waals surface area contributed by atoms with E-state index in [4.69, 9.17) is 54.3 Å². The fourth-order valence-corrected chi connectivity index (χ4v) is 3.57. The van der Waals surface area contributed by atoms with Crippen molar-refractivity contribution in [3.05, 3.63) is 60.8 Å². The largest absolute Gasteiger partial charge is 0.462 e. The van der Waals surface area contributed by atoms with Gasteiger partial charge in [0.15, 0.2) is 0 Å². The highest BCUT2D eigenvalue weighted by Crippen LogP contribution is 2.23. The molecule has 1 rings (SSSR count). The Hall–Kier alpha value is -4.31. The van der Waals surface area contributed by atoms with E-state index < -0.39 is 59.0 Å². The SMILES string of the molecule is C=C(C)C(=O)OC1CCC(O)C(O)C1.C=C(C)C(=O)OCC(C)(CO)CO.C=C(C)C(=O)OCC(C)O.C=C(C)C(=O)OCC(CC)(CO)CO.C=C(C)C(=O)OCCOCCO. The molecule has 0 radical (unpaired) electrons. The van der Waals surface area contributed by atoms with Crippen molar-refractivity contribution in [1.82, 2.24) is 0 Å². The van der Waals surface area contributed by atoms with Gasteiger partial charge in [0, 0.05) is 39.7 Å². The molecule has 0 spiro atoms. The number of hydrogen-bond acceptors (Lipinski definition) is 19. The van der Waals surface area contributed by atoms with E-state index in [1.807, 2.05) is 6.92 Å². The quantitative estimate of drug-likeness (QED) is 0.0331. The highest BCUT2D eigenvalue weighted by atomic mass is 16.6. The maximum absolute atomic E-state index is 11.1. The van der Waals surface area contributed by atoms with Crippen molar-refractivity contribution in [2.45, 2.75) is 105 Å². The van der Waals surface area contributed by atoms with Crippen LogP contribution in [-0.2, 0) is 52.4 Å². The third kappa shape index (κ3) is 34.8. The molecule has 0 aromatic rings. The van der Waals surface area contributed by atoms with Crippen LogP contribution in [0.5, 0.6) is 0 Å². The summed E-state index contributed by atoms with van der Waals surface area (Å²) in [6.45, 7) is 29.8. The van der Waals surface area contributed by atoms with Gasteiger partial charge in [-0.15, -0.1) is 0 Å². The van der Waals surface area contributed by atoms with E-state index in [-0.39, 0.29) is 72.2 Å². The summed E-state index contributed by atoms with van der Waals surface area (Å²) in [6.07, 6.45) is -0.460. The Morgan fingerprint density at radius 1 is 0.603 bits per heavy atom. The third-order valence-electron chi connectivity index (χ3n) is 8.15. The second-order valence-corrected chi connectivity index (χ2v) is 15.2. The van der Waals surface area contributed by atoms with Gasteiger partial charge < -0.3 is 69.3 Å². The molecule has 0 aromatic carbocycles. The summed E-state index contributed by atoms with van der Waals surface area (Å²) in [5, 5.41) is 71.4. The van der Waals surface area contributed by atoms with Gasteiger partial charge in [0.25, 0.3) is 0 Å². The van der Waals surface area contributed by atoms with Crippen LogP contribution in [-0.4, -0.2) is 168 Å². The maximum atomic E-state index is 11.1. The summed E-state index contributed by atoms with van der Waals surface area (Å²) in [7, 11) is 0. The van der Waals surface area contributed by atoms with Gasteiger partial charge in [-0.3, -0.25) is 0 Å². The lowest BCUT2D eigenvalue weighted by Gasteiger charge is -2.29. The van der Waals surface area contributed by atoms with E-state index in [0.29, 0.717) is 60.2 Å². The smallest absolute Gasteiger partial charge is 0.333 e. The first-order valence-electron chi connectivity index (χ1n) is 20.0. The fourth-order valence-electron chi connectivity index (χ4n) is 3.57. The molecule has 0 amide bonds. The average Bonchev–Trinajstić information content (AvgIpc) is 3.24. The van der Waals surface area contributed by atoms with Gasteiger partial charge in [0.1, 0.15) is 32.5 Å². The van der Waals surface area contributed by atoms with Gasteiger partial charge in [-0.1, -0.05) is 46.7 Å². The zero-order valence-electron chi connectivity index (χ0n) is 38.5. The lowest BCUT2D eigenvalue weighted by atomic mass is 9.88. The predicted molar refractivity (Wildman–Crippen MR) is 232 cm³/mol. The Bertz CT molecular complexity index is 1400. The predicted octanol–water partition coefficient (Wildman–Crippen LogP) is 1.56. The van der Waals surface area contributed by atoms with Crippen LogP contribution in [0.1, 0.15) is 81.1 Å². The molecular formula is C44H76O19. The van der Waals surface area contributed by atoms with Crippen molar-refractivity contribution < 1.29 is 93.2 Å². The Kier molecular flexibility index (Phi) is 38.5. The van der Waals surface area contributed by atoms with E-state index in [2.05, 4.69) is 37.6 Å². The minimum Gasteiger partial charge on any atom is -0.462 e. The van der Waals surface area contributed by atoms with Crippen molar-refractivity contribution in [2.24, 2.45) is 10.8 Å². The van der Waals surface area contributed by atoms with E-state index in [1.54, 1.807) is 41.5 Å². The van der Waals surface area contributed by atoms with E-state index >= 15 is 0 Å². The molecule has 1 aliphatic carbocycles. The Balaban J connectivity index is -0.000000347. The minimum absolute atomic E-state index is 0.00824. The van der Waals surface area contributed by atoms with Crippen molar-refractivity contribution >= 4 is 29.8 Å². The van der Waals surface area contributed by atoms with Crippen LogP contribution in [0.2, 0.25) is 0 Å². The summed E-state index contributed by atoms with van der Waals surface area (Å²) in [4.78, 5) is 54.5. The van der Waals surface area contributed by atoms with Gasteiger partial charge in [0.05, 0.1) is 70.0 Å². The Morgan fingerprint density at radius 3 is 1.40 bits per heavy atom. The minimum atomic E-state index is -0.785. The fraction of sp³-hybridized carbons (Fsp3) is 0.659. The monoisotopic (exact) mass is 908 g/mol. The van der Waals surface area contributed by atoms with Gasteiger partial charge in [-0.05, 0) is 60.8 Å². The first kappa shape index (κ1) is 65.3. The third-order valence-corrected chi connectivity index (χ3v) is 8.15. The van der Waals surface area contributed by atoms with Crippen LogP contribution >= 0.6 is 0 Å². The van der Waals surface area contributed by atoms with Gasteiger partial charge in [-0.2, -0.15) is 0 Å². The van der Waals surface area contributed by atoms with Gasteiger partial charge >= 0.3 is 29.8 Å². The molecule has 366 valence electrons. The molecular weight excluding hydrogens is 832 g/mol. The van der Waals surface area contributed by atoms with Crippen LogP contribution < -0.4 is 0 Å². The average molecular weight is 909 g/mol. The highest BCUT2D eigenvalue weighted by Gasteiger charge is 2.30. The van der Waals surface area contributed by atoms with Crippen molar-refractivity contribution in [1.29, 1.82) is 0 Å². The molecule has 1 aliphatic rings. The summed E-state index contributed by atoms with van der Waals surface area (Å²) >= 11 is 0. The Morgan fingerprint density at radius 2 is 1.03 bits per heavy atom. The maximum Gasteiger partial charge on any atom is 0.333 e. The molecule has 1 saturated carbocycles. The van der Waals surface area contributed by atoms with Crippen LogP contribution in [0.15, 0.2) is 60.8 Å². The summed E-state index contributed by atoms with van der Waals surface area (Å²) < 4.78 is 28.9. The molecule has 4 unspecified atom stereocenters. The number of aliphatic hydroxyl groups is 8. The molecule has 8 N–H and O–H groups in total. The number of ether oxygens (including phenoxy) is 6. The molecule has 4 atom stereocenters. The molecule has 19 heteroatoms. The summed E-state index contributed by atoms with van der Waals surface area (Å²) in [6, 6.07) is 0. The Labute approximate surface area is 372 Å². The number of carbonyl (C=O) groups excluding carboxylic acids is 5. The lowest BCUT2D eigenvalue weighted by Crippen LogP contribution is -2.37. The first-order valence-corrected chi connectivity index (χ1v) is 20.0. The normalized spacial score (nSPS) is 15.7. The number of esters is 5. The van der Waals surface area contributed by atoms with Crippen molar-refractivity contribution in [2.75, 3.05) is 72.7 Å². The molecule has 0 saturated heterocycles. The molecule has 1 fully saturated rings. The van der Waals surface area contributed by atoms with Crippen molar-refractivity contribution in [3.8, 4) is 0 Å². The lowest BCUT2D eigenvalue weighted by molar-refractivity contribution is -0.150. The molecule has 0 aromatic heterocycles. The zero-order valence-corrected chi connectivity index (χ0v) is 38.5. The standard InChI is InChI=1S/C10H16O4.C10H18O4.C9H16O4.C8H14O4.C7H12O3/c1-6(2)10(13)14-7-3-4-8(11)9(12)5-7;1-4-10(5-11,6-12)7-14-9(13)8(2)3;1-7(2)8(12)13-6-9(3,4-10)5-11;1-7(2)8(10)12-6-5-11-4-3-9;1-5(2)7(9)10-4-6(3)8/h7-9,11-12H,1,3-5H2,2H3;11-12H,2,4-7H2,1,3H3;10-11H,1,4-6H2,2-3H3;9H,1,3-6H2,2H3;6,8H,1,4H2,2-3H3. The number of carbonyl (C=O) groups is 5.